The van der Waals surface area contributed by atoms with Gasteiger partial charge in [0.1, 0.15) is 12.4 Å². The quantitative estimate of drug-likeness (QED) is 0.396. The van der Waals surface area contributed by atoms with Crippen LogP contribution >= 0.6 is 0 Å². The van der Waals surface area contributed by atoms with Crippen LogP contribution in [0.5, 0.6) is 5.75 Å². The maximum Gasteiger partial charge on any atom is 0.416 e. The zero-order chi connectivity index (χ0) is 19.6. The standard InChI is InChI=1S/C23H18F3NO/c24-23(25,26)20-8-6-18(7-9-20)16-28-21-10-11-22-19(14-21)12-13-27(22)15-17-4-2-1-3-5-17/h1-14H,15-16H2. The Balaban J connectivity index is 1.45. The molecule has 1 heterocycles. The van der Waals surface area contributed by atoms with Gasteiger partial charge in [0.15, 0.2) is 0 Å². The summed E-state index contributed by atoms with van der Waals surface area (Å²) >= 11 is 0. The number of fused-ring (bicyclic) bond motifs is 1. The summed E-state index contributed by atoms with van der Waals surface area (Å²) in [7, 11) is 0. The monoisotopic (exact) mass is 381 g/mol. The Morgan fingerprint density at radius 3 is 2.25 bits per heavy atom. The van der Waals surface area contributed by atoms with Crippen LogP contribution in [-0.4, -0.2) is 4.57 Å². The van der Waals surface area contributed by atoms with E-state index >= 15 is 0 Å². The minimum atomic E-state index is -4.32. The first-order valence-electron chi connectivity index (χ1n) is 8.91. The highest BCUT2D eigenvalue weighted by Gasteiger charge is 2.29. The van der Waals surface area contributed by atoms with E-state index in [1.54, 1.807) is 0 Å². The van der Waals surface area contributed by atoms with Crippen LogP contribution in [0.4, 0.5) is 13.2 Å². The number of rotatable bonds is 5. The number of alkyl halides is 3. The maximum absolute atomic E-state index is 12.6. The average molecular weight is 381 g/mol. The Morgan fingerprint density at radius 1 is 0.786 bits per heavy atom. The molecule has 0 amide bonds. The lowest BCUT2D eigenvalue weighted by molar-refractivity contribution is -0.137. The predicted molar refractivity (Wildman–Crippen MR) is 103 cm³/mol. The maximum atomic E-state index is 12.6. The van der Waals surface area contributed by atoms with Crippen molar-refractivity contribution in [1.29, 1.82) is 0 Å². The van der Waals surface area contributed by atoms with Gasteiger partial charge >= 0.3 is 6.18 Å². The molecular formula is C23H18F3NO. The van der Waals surface area contributed by atoms with E-state index in [-0.39, 0.29) is 6.61 Å². The molecule has 0 fully saturated rings. The molecule has 0 N–H and O–H groups in total. The van der Waals surface area contributed by atoms with Crippen molar-refractivity contribution >= 4 is 10.9 Å². The second-order valence-corrected chi connectivity index (χ2v) is 6.63. The lowest BCUT2D eigenvalue weighted by Crippen LogP contribution is -2.05. The first kappa shape index (κ1) is 18.2. The van der Waals surface area contributed by atoms with E-state index in [9.17, 15) is 13.2 Å². The van der Waals surface area contributed by atoms with Gasteiger partial charge in [0.2, 0.25) is 0 Å². The summed E-state index contributed by atoms with van der Waals surface area (Å²) in [6.45, 7) is 1.00. The molecule has 0 aliphatic heterocycles. The summed E-state index contributed by atoms with van der Waals surface area (Å²) in [6.07, 6.45) is -2.28. The number of nitrogens with zero attached hydrogens (tertiary/aromatic N) is 1. The number of ether oxygens (including phenoxy) is 1. The van der Waals surface area contributed by atoms with E-state index in [4.69, 9.17) is 4.74 Å². The van der Waals surface area contributed by atoms with Crippen molar-refractivity contribution in [3.63, 3.8) is 0 Å². The molecule has 0 unspecified atom stereocenters. The lowest BCUT2D eigenvalue weighted by Gasteiger charge is -2.10. The van der Waals surface area contributed by atoms with Crippen LogP contribution in [0.1, 0.15) is 16.7 Å². The minimum Gasteiger partial charge on any atom is -0.489 e. The second kappa shape index (κ2) is 7.43. The fourth-order valence-corrected chi connectivity index (χ4v) is 3.14. The lowest BCUT2D eigenvalue weighted by atomic mass is 10.1. The van der Waals surface area contributed by atoms with Gasteiger partial charge in [0.05, 0.1) is 5.56 Å². The summed E-state index contributed by atoms with van der Waals surface area (Å²) in [6, 6.07) is 23.1. The smallest absolute Gasteiger partial charge is 0.416 e. The molecule has 1 aromatic heterocycles. The number of aromatic nitrogens is 1. The molecule has 5 heteroatoms. The Kier molecular flexibility index (Phi) is 4.82. The van der Waals surface area contributed by atoms with Crippen molar-refractivity contribution in [2.24, 2.45) is 0 Å². The molecule has 2 nitrogen and oxygen atoms in total. The van der Waals surface area contributed by atoms with E-state index in [0.29, 0.717) is 11.3 Å². The molecule has 0 aliphatic carbocycles. The molecule has 142 valence electrons. The van der Waals surface area contributed by atoms with E-state index < -0.39 is 11.7 Å². The van der Waals surface area contributed by atoms with Gasteiger partial charge in [-0.1, -0.05) is 42.5 Å². The largest absolute Gasteiger partial charge is 0.489 e. The van der Waals surface area contributed by atoms with E-state index in [1.807, 2.05) is 48.7 Å². The third-order valence-corrected chi connectivity index (χ3v) is 4.62. The van der Waals surface area contributed by atoms with Crippen molar-refractivity contribution in [2.75, 3.05) is 0 Å². The number of benzene rings is 3. The van der Waals surface area contributed by atoms with Crippen LogP contribution in [0.15, 0.2) is 85.1 Å². The Bertz CT molecular complexity index is 1070. The zero-order valence-electron chi connectivity index (χ0n) is 15.0. The minimum absolute atomic E-state index is 0.217. The van der Waals surface area contributed by atoms with Gasteiger partial charge in [0, 0.05) is 23.6 Å². The van der Waals surface area contributed by atoms with Crippen molar-refractivity contribution < 1.29 is 17.9 Å². The van der Waals surface area contributed by atoms with Crippen molar-refractivity contribution in [3.8, 4) is 5.75 Å². The summed E-state index contributed by atoms with van der Waals surface area (Å²) < 4.78 is 45.8. The number of hydrogen-bond acceptors (Lipinski definition) is 1. The topological polar surface area (TPSA) is 14.2 Å². The van der Waals surface area contributed by atoms with Crippen molar-refractivity contribution in [1.82, 2.24) is 4.57 Å². The van der Waals surface area contributed by atoms with Crippen LogP contribution in [0.25, 0.3) is 10.9 Å². The van der Waals surface area contributed by atoms with Crippen LogP contribution in [0.3, 0.4) is 0 Å². The van der Waals surface area contributed by atoms with Crippen LogP contribution in [-0.2, 0) is 19.3 Å². The van der Waals surface area contributed by atoms with Crippen molar-refractivity contribution in [3.05, 3.63) is 102 Å². The molecule has 4 rings (SSSR count). The molecule has 0 radical (unpaired) electrons. The molecule has 0 saturated carbocycles. The highest BCUT2D eigenvalue weighted by atomic mass is 19.4. The predicted octanol–water partition coefficient (Wildman–Crippen LogP) is 6.29. The molecule has 4 aromatic rings. The molecule has 28 heavy (non-hydrogen) atoms. The first-order valence-corrected chi connectivity index (χ1v) is 8.91. The van der Waals surface area contributed by atoms with Crippen molar-refractivity contribution in [2.45, 2.75) is 19.3 Å². The molecular weight excluding hydrogens is 363 g/mol. The van der Waals surface area contributed by atoms with Gasteiger partial charge < -0.3 is 9.30 Å². The second-order valence-electron chi connectivity index (χ2n) is 6.63. The number of hydrogen-bond donors (Lipinski definition) is 0. The van der Waals surface area contributed by atoms with Crippen LogP contribution < -0.4 is 4.74 Å². The molecule has 3 aromatic carbocycles. The number of halogens is 3. The van der Waals surface area contributed by atoms with Gasteiger partial charge in [-0.3, -0.25) is 0 Å². The van der Waals surface area contributed by atoms with Gasteiger partial charge in [-0.05, 0) is 47.5 Å². The summed E-state index contributed by atoms with van der Waals surface area (Å²) in [4.78, 5) is 0. The van der Waals surface area contributed by atoms with Gasteiger partial charge in [-0.15, -0.1) is 0 Å². The van der Waals surface area contributed by atoms with E-state index in [2.05, 4.69) is 16.7 Å². The summed E-state index contributed by atoms with van der Waals surface area (Å²) in [5.41, 5.74) is 2.36. The SMILES string of the molecule is FC(F)(F)c1ccc(COc2ccc3c(ccn3Cc3ccccc3)c2)cc1. The molecule has 0 bridgehead atoms. The molecule has 0 saturated heterocycles. The fourth-order valence-electron chi connectivity index (χ4n) is 3.14. The van der Waals surface area contributed by atoms with E-state index in [1.165, 1.54) is 17.7 Å². The van der Waals surface area contributed by atoms with Gasteiger partial charge in [0.25, 0.3) is 0 Å². The van der Waals surface area contributed by atoms with Gasteiger partial charge in [-0.25, -0.2) is 0 Å². The summed E-state index contributed by atoms with van der Waals surface area (Å²) in [5, 5.41) is 1.06. The molecule has 0 atom stereocenters. The van der Waals surface area contributed by atoms with E-state index in [0.717, 1.165) is 29.6 Å². The first-order chi connectivity index (χ1) is 13.5. The third-order valence-electron chi connectivity index (χ3n) is 4.62. The fraction of sp³-hybridized carbons (Fsp3) is 0.130. The highest BCUT2D eigenvalue weighted by molar-refractivity contribution is 5.81. The summed E-state index contributed by atoms with van der Waals surface area (Å²) in [5.74, 6) is 0.685. The Hall–Kier alpha value is -3.21. The average Bonchev–Trinajstić information content (AvgIpc) is 3.09. The highest BCUT2D eigenvalue weighted by Crippen LogP contribution is 2.29. The molecule has 0 spiro atoms. The van der Waals surface area contributed by atoms with Crippen LogP contribution in [0.2, 0.25) is 0 Å². The Labute approximate surface area is 160 Å². The zero-order valence-corrected chi connectivity index (χ0v) is 15.0. The van der Waals surface area contributed by atoms with Gasteiger partial charge in [-0.2, -0.15) is 13.2 Å². The third kappa shape index (κ3) is 4.03. The normalized spacial score (nSPS) is 11.7. The van der Waals surface area contributed by atoms with Crippen LogP contribution in [0, 0.1) is 0 Å². The molecule has 0 aliphatic rings. The Morgan fingerprint density at radius 2 is 1.54 bits per heavy atom.